The zero-order valence-corrected chi connectivity index (χ0v) is 25.0. The number of methoxy groups -OCH3 is 1. The Morgan fingerprint density at radius 2 is 1.60 bits per heavy atom. The van der Waals surface area contributed by atoms with Gasteiger partial charge in [-0.25, -0.2) is 8.42 Å². The second-order valence-electron chi connectivity index (χ2n) is 9.73. The molecule has 3 aromatic carbocycles. The van der Waals surface area contributed by atoms with Gasteiger partial charge >= 0.3 is 0 Å². The lowest BCUT2D eigenvalue weighted by Crippen LogP contribution is -2.53. The molecule has 0 aliphatic rings. The number of hydrogen-bond acceptors (Lipinski definition) is 5. The van der Waals surface area contributed by atoms with Crippen LogP contribution in [-0.4, -0.2) is 50.9 Å². The van der Waals surface area contributed by atoms with E-state index in [1.54, 1.807) is 67.8 Å². The van der Waals surface area contributed by atoms with Crippen molar-refractivity contribution in [2.24, 2.45) is 0 Å². The highest BCUT2D eigenvalue weighted by molar-refractivity contribution is 7.92. The van der Waals surface area contributed by atoms with Crippen molar-refractivity contribution in [1.29, 1.82) is 0 Å². The molecular formula is C30H36ClN3O5S. The van der Waals surface area contributed by atoms with Crippen LogP contribution >= 0.6 is 11.6 Å². The molecule has 0 saturated heterocycles. The lowest BCUT2D eigenvalue weighted by Gasteiger charge is -2.33. The highest BCUT2D eigenvalue weighted by Crippen LogP contribution is 2.31. The molecule has 0 radical (unpaired) electrons. The molecule has 1 N–H and O–H groups in total. The molecule has 0 aliphatic heterocycles. The van der Waals surface area contributed by atoms with Crippen molar-refractivity contribution in [1.82, 2.24) is 10.2 Å². The maximum Gasteiger partial charge on any atom is 0.264 e. The molecule has 0 unspecified atom stereocenters. The van der Waals surface area contributed by atoms with Crippen molar-refractivity contribution in [3.8, 4) is 5.75 Å². The van der Waals surface area contributed by atoms with Gasteiger partial charge in [-0.15, -0.1) is 0 Å². The first-order valence-corrected chi connectivity index (χ1v) is 14.9. The molecule has 40 heavy (non-hydrogen) atoms. The fourth-order valence-electron chi connectivity index (χ4n) is 4.23. The predicted octanol–water partition coefficient (Wildman–Crippen LogP) is 5.18. The Morgan fingerprint density at radius 1 is 0.975 bits per heavy atom. The number of sulfonamides is 1. The summed E-state index contributed by atoms with van der Waals surface area (Å²) in [4.78, 5) is 28.7. The molecule has 0 bridgehead atoms. The van der Waals surface area contributed by atoms with Crippen LogP contribution in [0.3, 0.4) is 0 Å². The van der Waals surface area contributed by atoms with Crippen LogP contribution in [0.15, 0.2) is 77.7 Å². The standard InChI is InChI=1S/C30H36ClN3O5S/c1-6-27(30(36)32-21(2)3)33(19-23-13-15-24(39-5)16-14-23)29(35)20-34(28-10-8-7-9-26(28)31)40(37,38)25-17-11-22(4)12-18-25/h7-18,21,27H,6,19-20H2,1-5H3,(H,32,36)/t27-/m0/s1. The van der Waals surface area contributed by atoms with Gasteiger partial charge in [0.2, 0.25) is 11.8 Å². The molecule has 0 spiro atoms. The number of para-hydroxylation sites is 1. The van der Waals surface area contributed by atoms with Crippen molar-refractivity contribution in [2.45, 2.75) is 57.6 Å². The van der Waals surface area contributed by atoms with Crippen LogP contribution in [0.1, 0.15) is 38.3 Å². The number of benzene rings is 3. The molecule has 3 rings (SSSR count). The van der Waals surface area contributed by atoms with E-state index in [-0.39, 0.29) is 34.1 Å². The lowest BCUT2D eigenvalue weighted by atomic mass is 10.1. The average Bonchev–Trinajstić information content (AvgIpc) is 2.92. The van der Waals surface area contributed by atoms with Crippen LogP contribution in [0.2, 0.25) is 5.02 Å². The number of nitrogens with one attached hydrogen (secondary N) is 1. The van der Waals surface area contributed by atoms with E-state index in [0.29, 0.717) is 12.2 Å². The van der Waals surface area contributed by atoms with Crippen molar-refractivity contribution < 1.29 is 22.7 Å². The fraction of sp³-hybridized carbons (Fsp3) is 0.333. The Kier molecular flexibility index (Phi) is 10.6. The van der Waals surface area contributed by atoms with Crippen LogP contribution in [0, 0.1) is 6.92 Å². The van der Waals surface area contributed by atoms with Crippen molar-refractivity contribution in [3.63, 3.8) is 0 Å². The minimum absolute atomic E-state index is 0.0251. The van der Waals surface area contributed by atoms with E-state index >= 15 is 0 Å². The van der Waals surface area contributed by atoms with Gasteiger partial charge in [0.05, 0.1) is 22.7 Å². The lowest BCUT2D eigenvalue weighted by molar-refractivity contribution is -0.140. The molecule has 214 valence electrons. The molecule has 0 heterocycles. The Hall–Kier alpha value is -3.56. The number of ether oxygens (including phenoxy) is 1. The minimum atomic E-state index is -4.19. The molecule has 0 aromatic heterocycles. The highest BCUT2D eigenvalue weighted by atomic mass is 35.5. The Morgan fingerprint density at radius 3 is 2.15 bits per heavy atom. The number of rotatable bonds is 12. The first-order chi connectivity index (χ1) is 19.0. The van der Waals surface area contributed by atoms with E-state index in [9.17, 15) is 18.0 Å². The smallest absolute Gasteiger partial charge is 0.264 e. The highest BCUT2D eigenvalue weighted by Gasteiger charge is 2.34. The molecule has 0 fully saturated rings. The van der Waals surface area contributed by atoms with Gasteiger partial charge in [0.1, 0.15) is 18.3 Å². The number of amides is 2. The number of halogens is 1. The Bertz CT molecular complexity index is 1410. The average molecular weight is 586 g/mol. The number of carbonyl (C=O) groups is 2. The van der Waals surface area contributed by atoms with Gasteiger partial charge in [0.25, 0.3) is 10.0 Å². The van der Waals surface area contributed by atoms with Crippen molar-refractivity contribution in [2.75, 3.05) is 18.0 Å². The van der Waals surface area contributed by atoms with Gasteiger partial charge in [-0.1, -0.05) is 60.5 Å². The summed E-state index contributed by atoms with van der Waals surface area (Å²) in [5, 5.41) is 3.06. The van der Waals surface area contributed by atoms with Crippen LogP contribution < -0.4 is 14.4 Å². The SMILES string of the molecule is CC[C@@H](C(=O)NC(C)C)N(Cc1ccc(OC)cc1)C(=O)CN(c1ccccc1Cl)S(=O)(=O)c1ccc(C)cc1. The topological polar surface area (TPSA) is 96.0 Å². The monoisotopic (exact) mass is 585 g/mol. The summed E-state index contributed by atoms with van der Waals surface area (Å²) in [6.07, 6.45) is 0.331. The van der Waals surface area contributed by atoms with E-state index < -0.39 is 28.5 Å². The molecule has 2 amide bonds. The van der Waals surface area contributed by atoms with E-state index in [1.807, 2.05) is 27.7 Å². The molecular weight excluding hydrogens is 550 g/mol. The van der Waals surface area contributed by atoms with Gasteiger partial charge in [-0.2, -0.15) is 0 Å². The number of aryl methyl sites for hydroxylation is 1. The van der Waals surface area contributed by atoms with Gasteiger partial charge in [0, 0.05) is 12.6 Å². The quantitative estimate of drug-likeness (QED) is 0.316. The predicted molar refractivity (Wildman–Crippen MR) is 158 cm³/mol. The summed E-state index contributed by atoms with van der Waals surface area (Å²) in [6.45, 7) is 6.89. The van der Waals surface area contributed by atoms with Crippen molar-refractivity contribution in [3.05, 3.63) is 88.9 Å². The normalized spacial score (nSPS) is 12.1. The van der Waals surface area contributed by atoms with Crippen LogP contribution in [0.5, 0.6) is 5.75 Å². The first-order valence-electron chi connectivity index (χ1n) is 13.0. The third-order valence-electron chi connectivity index (χ3n) is 6.34. The third kappa shape index (κ3) is 7.55. The second-order valence-corrected chi connectivity index (χ2v) is 12.0. The third-order valence-corrected chi connectivity index (χ3v) is 8.43. The van der Waals surface area contributed by atoms with Gasteiger partial charge in [0.15, 0.2) is 0 Å². The van der Waals surface area contributed by atoms with Crippen LogP contribution in [-0.2, 0) is 26.2 Å². The molecule has 1 atom stereocenters. The second kappa shape index (κ2) is 13.7. The maximum absolute atomic E-state index is 14.1. The summed E-state index contributed by atoms with van der Waals surface area (Å²) in [5.74, 6) is -0.206. The van der Waals surface area contributed by atoms with Crippen molar-refractivity contribution >= 4 is 39.1 Å². The first kappa shape index (κ1) is 31.0. The number of hydrogen-bond donors (Lipinski definition) is 1. The summed E-state index contributed by atoms with van der Waals surface area (Å²) in [5.41, 5.74) is 1.82. The molecule has 3 aromatic rings. The zero-order chi connectivity index (χ0) is 29.4. The van der Waals surface area contributed by atoms with E-state index in [2.05, 4.69) is 5.32 Å². The Labute approximate surface area is 241 Å². The summed E-state index contributed by atoms with van der Waals surface area (Å²) in [6, 6.07) is 19.0. The molecule has 10 heteroatoms. The van der Waals surface area contributed by atoms with Gasteiger partial charge < -0.3 is 15.0 Å². The number of carbonyl (C=O) groups excluding carboxylic acids is 2. The number of anilines is 1. The van der Waals surface area contributed by atoms with Gasteiger partial charge in [-0.05, 0) is 69.2 Å². The molecule has 0 aliphatic carbocycles. The van der Waals surface area contributed by atoms with E-state index in [0.717, 1.165) is 15.4 Å². The molecule has 8 nitrogen and oxygen atoms in total. The summed E-state index contributed by atoms with van der Waals surface area (Å²) < 4.78 is 34.1. The maximum atomic E-state index is 14.1. The fourth-order valence-corrected chi connectivity index (χ4v) is 5.95. The van der Waals surface area contributed by atoms with E-state index in [4.69, 9.17) is 16.3 Å². The molecule has 0 saturated carbocycles. The zero-order valence-electron chi connectivity index (χ0n) is 23.4. The summed E-state index contributed by atoms with van der Waals surface area (Å²) in [7, 11) is -2.63. The number of nitrogens with zero attached hydrogens (tertiary/aromatic N) is 2. The van der Waals surface area contributed by atoms with Gasteiger partial charge in [-0.3, -0.25) is 13.9 Å². The Balaban J connectivity index is 2.07. The summed E-state index contributed by atoms with van der Waals surface area (Å²) >= 11 is 6.45. The largest absolute Gasteiger partial charge is 0.497 e. The van der Waals surface area contributed by atoms with Crippen LogP contribution in [0.25, 0.3) is 0 Å². The van der Waals surface area contributed by atoms with Crippen LogP contribution in [0.4, 0.5) is 5.69 Å². The minimum Gasteiger partial charge on any atom is -0.497 e. The van der Waals surface area contributed by atoms with E-state index in [1.165, 1.54) is 17.0 Å².